The van der Waals surface area contributed by atoms with Crippen molar-refractivity contribution >= 4 is 39.1 Å². The predicted octanol–water partition coefficient (Wildman–Crippen LogP) is 3.41. The molecule has 0 bridgehead atoms. The summed E-state index contributed by atoms with van der Waals surface area (Å²) < 4.78 is 0.927. The van der Waals surface area contributed by atoms with E-state index >= 15 is 0 Å². The lowest BCUT2D eigenvalue weighted by atomic mass is 9.97. The Morgan fingerprint density at radius 2 is 2.00 bits per heavy atom. The molecule has 0 saturated heterocycles. The monoisotopic (exact) mass is 365 g/mol. The highest BCUT2D eigenvalue weighted by atomic mass is 79.9. The molecule has 0 atom stereocenters. The predicted molar refractivity (Wildman–Crippen MR) is 83.9 cm³/mol. The number of carbonyl (C=O) groups is 2. The molecule has 1 aliphatic heterocycles. The highest BCUT2D eigenvalue weighted by Gasteiger charge is 2.23. The SMILES string of the molecule is O=C(O)c1ccc2c(c1)CN(C(=O)c1ccc(Br)s1)CC2. The number of benzene rings is 1. The molecule has 1 aromatic heterocycles. The Balaban J connectivity index is 1.84. The minimum atomic E-state index is -0.941. The Labute approximate surface area is 134 Å². The Hall–Kier alpha value is -1.66. The van der Waals surface area contributed by atoms with Gasteiger partial charge in [-0.25, -0.2) is 4.79 Å². The zero-order chi connectivity index (χ0) is 15.0. The zero-order valence-corrected chi connectivity index (χ0v) is 13.4. The van der Waals surface area contributed by atoms with Gasteiger partial charge >= 0.3 is 5.97 Å². The summed E-state index contributed by atoms with van der Waals surface area (Å²) in [5, 5.41) is 9.06. The summed E-state index contributed by atoms with van der Waals surface area (Å²) in [6, 6.07) is 8.80. The second-order valence-corrected chi connectivity index (χ2v) is 7.33. The van der Waals surface area contributed by atoms with Crippen LogP contribution in [0.25, 0.3) is 0 Å². The first-order valence-corrected chi connectivity index (χ1v) is 8.05. The highest BCUT2D eigenvalue weighted by molar-refractivity contribution is 9.11. The number of carboxylic acid groups (broad SMARTS) is 1. The van der Waals surface area contributed by atoms with Crippen molar-refractivity contribution in [3.8, 4) is 0 Å². The van der Waals surface area contributed by atoms with Gasteiger partial charge in [0.2, 0.25) is 0 Å². The van der Waals surface area contributed by atoms with Crippen LogP contribution in [0.15, 0.2) is 34.1 Å². The molecule has 3 rings (SSSR count). The molecule has 0 radical (unpaired) electrons. The first-order valence-electron chi connectivity index (χ1n) is 6.44. The first kappa shape index (κ1) is 14.3. The van der Waals surface area contributed by atoms with Crippen LogP contribution in [0.1, 0.15) is 31.2 Å². The molecular weight excluding hydrogens is 354 g/mol. The van der Waals surface area contributed by atoms with E-state index in [1.54, 1.807) is 23.1 Å². The topological polar surface area (TPSA) is 57.6 Å². The van der Waals surface area contributed by atoms with Crippen molar-refractivity contribution in [1.82, 2.24) is 4.90 Å². The van der Waals surface area contributed by atoms with Gasteiger partial charge in [0.15, 0.2) is 0 Å². The number of carboxylic acids is 1. The maximum absolute atomic E-state index is 12.4. The van der Waals surface area contributed by atoms with Crippen molar-refractivity contribution in [2.45, 2.75) is 13.0 Å². The molecule has 6 heteroatoms. The number of rotatable bonds is 2. The fourth-order valence-electron chi connectivity index (χ4n) is 2.45. The summed E-state index contributed by atoms with van der Waals surface area (Å²) >= 11 is 4.77. The van der Waals surface area contributed by atoms with Crippen LogP contribution in [0.3, 0.4) is 0 Å². The normalized spacial score (nSPS) is 13.9. The summed E-state index contributed by atoms with van der Waals surface area (Å²) in [5.74, 6) is -0.944. The largest absolute Gasteiger partial charge is 0.478 e. The number of thiophene rings is 1. The standard InChI is InChI=1S/C15H12BrNO3S/c16-13-4-3-12(21-13)14(18)17-6-5-9-1-2-10(15(19)20)7-11(9)8-17/h1-4,7H,5-6,8H2,(H,19,20). The molecule has 1 aromatic carbocycles. The van der Waals surface area contributed by atoms with Gasteiger partial charge in [0.25, 0.3) is 5.91 Å². The van der Waals surface area contributed by atoms with E-state index in [9.17, 15) is 9.59 Å². The van der Waals surface area contributed by atoms with Crippen LogP contribution in [-0.4, -0.2) is 28.4 Å². The minimum absolute atomic E-state index is 0.00271. The molecule has 2 aromatic rings. The summed E-state index contributed by atoms with van der Waals surface area (Å²) in [4.78, 5) is 25.9. The molecule has 1 amide bonds. The molecule has 0 unspecified atom stereocenters. The molecule has 0 spiro atoms. The Kier molecular flexibility index (Phi) is 3.82. The maximum Gasteiger partial charge on any atom is 0.335 e. The fourth-order valence-corrected chi connectivity index (χ4v) is 3.80. The zero-order valence-electron chi connectivity index (χ0n) is 11.0. The number of amides is 1. The second-order valence-electron chi connectivity index (χ2n) is 4.87. The number of halogens is 1. The quantitative estimate of drug-likeness (QED) is 0.886. The van der Waals surface area contributed by atoms with Gasteiger partial charge in [0.1, 0.15) is 0 Å². The van der Waals surface area contributed by atoms with E-state index < -0.39 is 5.97 Å². The summed E-state index contributed by atoms with van der Waals surface area (Å²) in [6.45, 7) is 1.12. The number of hydrogen-bond donors (Lipinski definition) is 1. The van der Waals surface area contributed by atoms with Crippen molar-refractivity contribution in [2.24, 2.45) is 0 Å². The van der Waals surface area contributed by atoms with Crippen molar-refractivity contribution in [3.05, 3.63) is 55.7 Å². The van der Waals surface area contributed by atoms with Gasteiger partial charge in [-0.15, -0.1) is 11.3 Å². The van der Waals surface area contributed by atoms with Crippen molar-refractivity contribution in [2.75, 3.05) is 6.54 Å². The van der Waals surface area contributed by atoms with E-state index in [1.165, 1.54) is 11.3 Å². The average Bonchev–Trinajstić information content (AvgIpc) is 2.91. The van der Waals surface area contributed by atoms with Crippen LogP contribution in [0.5, 0.6) is 0 Å². The number of hydrogen-bond acceptors (Lipinski definition) is 3. The van der Waals surface area contributed by atoms with Gasteiger partial charge in [0, 0.05) is 13.1 Å². The van der Waals surface area contributed by atoms with Crippen LogP contribution in [-0.2, 0) is 13.0 Å². The Morgan fingerprint density at radius 1 is 1.19 bits per heavy atom. The molecular formula is C15H12BrNO3S. The third-order valence-corrected chi connectivity index (χ3v) is 5.15. The Bertz CT molecular complexity index is 725. The third-order valence-electron chi connectivity index (χ3n) is 3.54. The van der Waals surface area contributed by atoms with E-state index in [0.717, 1.165) is 21.3 Å². The van der Waals surface area contributed by atoms with Crippen LogP contribution in [0.4, 0.5) is 0 Å². The molecule has 1 N–H and O–H groups in total. The number of nitrogens with zero attached hydrogens (tertiary/aromatic N) is 1. The van der Waals surface area contributed by atoms with Crippen LogP contribution >= 0.6 is 27.3 Å². The van der Waals surface area contributed by atoms with Crippen LogP contribution in [0, 0.1) is 0 Å². The lowest BCUT2D eigenvalue weighted by molar-refractivity contribution is 0.0696. The highest BCUT2D eigenvalue weighted by Crippen LogP contribution is 2.26. The summed E-state index contributed by atoms with van der Waals surface area (Å²) in [7, 11) is 0. The van der Waals surface area contributed by atoms with E-state index in [1.807, 2.05) is 12.1 Å². The third kappa shape index (κ3) is 2.87. The van der Waals surface area contributed by atoms with Crippen molar-refractivity contribution in [1.29, 1.82) is 0 Å². The number of fused-ring (bicyclic) bond motifs is 1. The van der Waals surface area contributed by atoms with E-state index in [4.69, 9.17) is 5.11 Å². The van der Waals surface area contributed by atoms with Gasteiger partial charge in [-0.1, -0.05) is 6.07 Å². The molecule has 0 aliphatic carbocycles. The second kappa shape index (κ2) is 5.61. The van der Waals surface area contributed by atoms with E-state index in [2.05, 4.69) is 15.9 Å². The molecule has 21 heavy (non-hydrogen) atoms. The maximum atomic E-state index is 12.4. The van der Waals surface area contributed by atoms with Gasteiger partial charge in [0.05, 0.1) is 14.2 Å². The number of carbonyl (C=O) groups excluding carboxylic acids is 1. The van der Waals surface area contributed by atoms with E-state index in [0.29, 0.717) is 18.0 Å². The van der Waals surface area contributed by atoms with Crippen LogP contribution in [0.2, 0.25) is 0 Å². The Morgan fingerprint density at radius 3 is 2.67 bits per heavy atom. The van der Waals surface area contributed by atoms with Crippen molar-refractivity contribution in [3.63, 3.8) is 0 Å². The fraction of sp³-hybridized carbons (Fsp3) is 0.200. The molecule has 2 heterocycles. The average molecular weight is 366 g/mol. The summed E-state index contributed by atoms with van der Waals surface area (Å²) in [6.07, 6.45) is 0.757. The smallest absolute Gasteiger partial charge is 0.335 e. The van der Waals surface area contributed by atoms with Gasteiger partial charge in [-0.2, -0.15) is 0 Å². The lowest BCUT2D eigenvalue weighted by Crippen LogP contribution is -2.35. The van der Waals surface area contributed by atoms with Crippen LogP contribution < -0.4 is 0 Å². The molecule has 0 saturated carbocycles. The summed E-state index contributed by atoms with van der Waals surface area (Å²) in [5.41, 5.74) is 2.31. The van der Waals surface area contributed by atoms with E-state index in [-0.39, 0.29) is 11.5 Å². The van der Waals surface area contributed by atoms with Gasteiger partial charge in [-0.3, -0.25) is 4.79 Å². The molecule has 0 fully saturated rings. The van der Waals surface area contributed by atoms with Gasteiger partial charge < -0.3 is 10.0 Å². The van der Waals surface area contributed by atoms with Crippen molar-refractivity contribution < 1.29 is 14.7 Å². The number of aromatic carboxylic acids is 1. The lowest BCUT2D eigenvalue weighted by Gasteiger charge is -2.28. The van der Waals surface area contributed by atoms with Gasteiger partial charge in [-0.05, 0) is 57.7 Å². The first-order chi connectivity index (χ1) is 10.0. The molecule has 108 valence electrons. The minimum Gasteiger partial charge on any atom is -0.478 e. The molecule has 4 nitrogen and oxygen atoms in total. The molecule has 1 aliphatic rings.